The summed E-state index contributed by atoms with van der Waals surface area (Å²) >= 11 is 0. The van der Waals surface area contributed by atoms with Crippen LogP contribution in [0.2, 0.25) is 0 Å². The molecule has 0 radical (unpaired) electrons. The maximum atomic E-state index is 11.9. The Morgan fingerprint density at radius 3 is 2.86 bits per heavy atom. The molecule has 1 amide bonds. The van der Waals surface area contributed by atoms with Crippen molar-refractivity contribution in [2.45, 2.75) is 33.1 Å². The zero-order valence-corrected chi connectivity index (χ0v) is 12.8. The number of hydrogen-bond donors (Lipinski definition) is 3. The summed E-state index contributed by atoms with van der Waals surface area (Å²) < 4.78 is 0. The van der Waals surface area contributed by atoms with Gasteiger partial charge in [0.2, 0.25) is 5.91 Å². The van der Waals surface area contributed by atoms with E-state index < -0.39 is 0 Å². The average molecular weight is 288 g/mol. The van der Waals surface area contributed by atoms with E-state index in [1.165, 1.54) is 10.9 Å². The second kappa shape index (κ2) is 6.76. The Hall–Kier alpha value is -1.81. The van der Waals surface area contributed by atoms with E-state index in [2.05, 4.69) is 16.4 Å². The number of aromatic nitrogens is 1. The third-order valence-electron chi connectivity index (χ3n) is 3.85. The van der Waals surface area contributed by atoms with Crippen LogP contribution in [-0.4, -0.2) is 29.1 Å². The lowest BCUT2D eigenvalue weighted by atomic mass is 9.90. The van der Waals surface area contributed by atoms with Crippen LogP contribution in [-0.2, 0) is 11.2 Å². The molecule has 114 valence electrons. The van der Waals surface area contributed by atoms with Crippen LogP contribution >= 0.6 is 0 Å². The van der Waals surface area contributed by atoms with Crippen LogP contribution in [0.25, 0.3) is 10.9 Å². The molecular weight excluding hydrogens is 264 g/mol. The number of aliphatic hydroxyl groups excluding tert-OH is 1. The largest absolute Gasteiger partial charge is 0.396 e. The van der Waals surface area contributed by atoms with Crippen molar-refractivity contribution >= 4 is 16.8 Å². The fourth-order valence-corrected chi connectivity index (χ4v) is 2.40. The lowest BCUT2D eigenvalue weighted by molar-refractivity contribution is -0.121. The van der Waals surface area contributed by atoms with Gasteiger partial charge in [0.25, 0.3) is 0 Å². The molecular formula is C17H24N2O2. The molecule has 1 aromatic carbocycles. The number of aliphatic hydroxyl groups is 1. The molecule has 1 heterocycles. The number of hydrogen-bond acceptors (Lipinski definition) is 2. The molecule has 0 atom stereocenters. The fourth-order valence-electron chi connectivity index (χ4n) is 2.40. The van der Waals surface area contributed by atoms with Gasteiger partial charge in [-0.15, -0.1) is 0 Å². The van der Waals surface area contributed by atoms with Crippen LogP contribution in [0.15, 0.2) is 30.5 Å². The number of H-pyrrole nitrogens is 1. The highest BCUT2D eigenvalue weighted by atomic mass is 16.3. The number of benzene rings is 1. The summed E-state index contributed by atoms with van der Waals surface area (Å²) in [4.78, 5) is 15.2. The molecule has 0 saturated heterocycles. The van der Waals surface area contributed by atoms with Gasteiger partial charge in [0.1, 0.15) is 0 Å². The highest BCUT2D eigenvalue weighted by Crippen LogP contribution is 2.20. The number of aromatic amines is 1. The van der Waals surface area contributed by atoms with Gasteiger partial charge in [-0.1, -0.05) is 32.0 Å². The van der Waals surface area contributed by atoms with Crippen molar-refractivity contribution < 1.29 is 9.90 Å². The topological polar surface area (TPSA) is 65.1 Å². The zero-order valence-electron chi connectivity index (χ0n) is 12.8. The van der Waals surface area contributed by atoms with Crippen molar-refractivity contribution in [2.24, 2.45) is 5.41 Å². The Balaban J connectivity index is 1.84. The Bertz CT molecular complexity index is 602. The number of para-hydroxylation sites is 1. The summed E-state index contributed by atoms with van der Waals surface area (Å²) in [5, 5.41) is 13.1. The van der Waals surface area contributed by atoms with Crippen molar-refractivity contribution in [3.63, 3.8) is 0 Å². The first-order chi connectivity index (χ1) is 10.0. The van der Waals surface area contributed by atoms with Gasteiger partial charge in [-0.2, -0.15) is 0 Å². The SMILES string of the molecule is CC(C)(CCO)CNC(=O)CCc1c[nH]c2ccccc12. The first-order valence-electron chi connectivity index (χ1n) is 7.44. The van der Waals surface area contributed by atoms with Crippen LogP contribution in [0.4, 0.5) is 0 Å². The van der Waals surface area contributed by atoms with Crippen LogP contribution in [0.1, 0.15) is 32.3 Å². The molecule has 1 aromatic heterocycles. The molecule has 0 bridgehead atoms. The predicted molar refractivity (Wildman–Crippen MR) is 85.1 cm³/mol. The van der Waals surface area contributed by atoms with Crippen molar-refractivity contribution in [3.8, 4) is 0 Å². The molecule has 2 aromatic rings. The molecule has 3 N–H and O–H groups in total. The molecule has 4 heteroatoms. The van der Waals surface area contributed by atoms with E-state index in [0.29, 0.717) is 19.4 Å². The molecule has 4 nitrogen and oxygen atoms in total. The van der Waals surface area contributed by atoms with Gasteiger partial charge < -0.3 is 15.4 Å². The molecule has 0 fully saturated rings. The number of rotatable bonds is 7. The number of carbonyl (C=O) groups excluding carboxylic acids is 1. The van der Waals surface area contributed by atoms with Crippen LogP contribution in [0, 0.1) is 5.41 Å². The summed E-state index contributed by atoms with van der Waals surface area (Å²) in [5.41, 5.74) is 2.22. The molecule has 0 unspecified atom stereocenters. The van der Waals surface area contributed by atoms with E-state index in [4.69, 9.17) is 5.11 Å². The Morgan fingerprint density at radius 2 is 2.10 bits per heavy atom. The first-order valence-corrected chi connectivity index (χ1v) is 7.44. The summed E-state index contributed by atoms with van der Waals surface area (Å²) in [5.74, 6) is 0.0614. The number of aryl methyl sites for hydroxylation is 1. The third kappa shape index (κ3) is 4.33. The van der Waals surface area contributed by atoms with Gasteiger partial charge in [-0.25, -0.2) is 0 Å². The quantitative estimate of drug-likeness (QED) is 0.733. The summed E-state index contributed by atoms with van der Waals surface area (Å²) in [6.45, 7) is 4.84. The number of amides is 1. The molecule has 21 heavy (non-hydrogen) atoms. The van der Waals surface area contributed by atoms with Gasteiger partial charge in [-0.3, -0.25) is 4.79 Å². The van der Waals surface area contributed by atoms with E-state index in [1.807, 2.05) is 38.2 Å². The third-order valence-corrected chi connectivity index (χ3v) is 3.85. The minimum atomic E-state index is -0.0643. The van der Waals surface area contributed by atoms with Gasteiger partial charge >= 0.3 is 0 Å². The Morgan fingerprint density at radius 1 is 1.33 bits per heavy atom. The standard InChI is InChI=1S/C17H24N2O2/c1-17(2,9-10-20)12-19-16(21)8-7-13-11-18-15-6-4-3-5-14(13)15/h3-6,11,18,20H,7-10,12H2,1-2H3,(H,19,21). The van der Waals surface area contributed by atoms with Crippen molar-refractivity contribution in [3.05, 3.63) is 36.0 Å². The molecule has 2 rings (SSSR count). The highest BCUT2D eigenvalue weighted by Gasteiger charge is 2.18. The Labute approximate surface area is 125 Å². The minimum absolute atomic E-state index is 0.0614. The second-order valence-corrected chi connectivity index (χ2v) is 6.27. The minimum Gasteiger partial charge on any atom is -0.396 e. The molecule has 0 saturated carbocycles. The second-order valence-electron chi connectivity index (χ2n) is 6.27. The number of nitrogens with one attached hydrogen (secondary N) is 2. The van der Waals surface area contributed by atoms with Crippen LogP contribution in [0.3, 0.4) is 0 Å². The summed E-state index contributed by atoms with van der Waals surface area (Å²) in [7, 11) is 0. The predicted octanol–water partition coefficient (Wildman–Crippen LogP) is 2.63. The maximum Gasteiger partial charge on any atom is 0.220 e. The monoisotopic (exact) mass is 288 g/mol. The van der Waals surface area contributed by atoms with Crippen molar-refractivity contribution in [1.82, 2.24) is 10.3 Å². The van der Waals surface area contributed by atoms with Crippen molar-refractivity contribution in [2.75, 3.05) is 13.2 Å². The number of carbonyl (C=O) groups is 1. The average Bonchev–Trinajstić information content (AvgIpc) is 2.86. The molecule has 0 aliphatic carbocycles. The van der Waals surface area contributed by atoms with Crippen LogP contribution in [0.5, 0.6) is 0 Å². The van der Waals surface area contributed by atoms with Gasteiger partial charge in [0.15, 0.2) is 0 Å². The van der Waals surface area contributed by atoms with Gasteiger partial charge in [0, 0.05) is 36.7 Å². The fraction of sp³-hybridized carbons (Fsp3) is 0.471. The lowest BCUT2D eigenvalue weighted by Gasteiger charge is -2.23. The Kier molecular flexibility index (Phi) is 5.02. The maximum absolute atomic E-state index is 11.9. The lowest BCUT2D eigenvalue weighted by Crippen LogP contribution is -2.34. The number of fused-ring (bicyclic) bond motifs is 1. The smallest absolute Gasteiger partial charge is 0.220 e. The zero-order chi connectivity index (χ0) is 15.3. The normalized spacial score (nSPS) is 11.8. The molecule has 0 aliphatic heterocycles. The van der Waals surface area contributed by atoms with E-state index in [1.54, 1.807) is 0 Å². The molecule has 0 spiro atoms. The summed E-state index contributed by atoms with van der Waals surface area (Å²) in [6, 6.07) is 8.12. The summed E-state index contributed by atoms with van der Waals surface area (Å²) in [6.07, 6.45) is 3.89. The highest BCUT2D eigenvalue weighted by molar-refractivity contribution is 5.84. The first kappa shape index (κ1) is 15.6. The van der Waals surface area contributed by atoms with E-state index in [9.17, 15) is 4.79 Å². The van der Waals surface area contributed by atoms with E-state index >= 15 is 0 Å². The van der Waals surface area contributed by atoms with Gasteiger partial charge in [0.05, 0.1) is 0 Å². The van der Waals surface area contributed by atoms with E-state index in [-0.39, 0.29) is 17.9 Å². The van der Waals surface area contributed by atoms with E-state index in [0.717, 1.165) is 11.9 Å². The van der Waals surface area contributed by atoms with Gasteiger partial charge in [-0.05, 0) is 29.9 Å². The molecule has 0 aliphatic rings. The van der Waals surface area contributed by atoms with Crippen LogP contribution < -0.4 is 5.32 Å². The van der Waals surface area contributed by atoms with Crippen molar-refractivity contribution in [1.29, 1.82) is 0 Å².